The van der Waals surface area contributed by atoms with Crippen LogP contribution in [-0.4, -0.2) is 20.6 Å². The van der Waals surface area contributed by atoms with Gasteiger partial charge in [-0.2, -0.15) is 0 Å². The van der Waals surface area contributed by atoms with Crippen LogP contribution < -0.4 is 0 Å². The van der Waals surface area contributed by atoms with E-state index in [9.17, 15) is 0 Å². The van der Waals surface area contributed by atoms with E-state index in [1.165, 1.54) is 43.3 Å². The first-order chi connectivity index (χ1) is 17.6. The molecule has 6 atom stereocenters. The number of allylic oxidation sites excluding steroid dienone is 3. The average molecular weight is 480 g/mol. The fourth-order valence-electron chi connectivity index (χ4n) is 8.53. The summed E-state index contributed by atoms with van der Waals surface area (Å²) in [4.78, 5) is 9.16. The first kappa shape index (κ1) is 22.5. The molecule has 1 aromatic carbocycles. The molecule has 4 nitrogen and oxygen atoms in total. The van der Waals surface area contributed by atoms with Crippen molar-refractivity contribution < 1.29 is 4.74 Å². The van der Waals surface area contributed by atoms with Gasteiger partial charge in [-0.15, -0.1) is 0 Å². The van der Waals surface area contributed by atoms with Crippen molar-refractivity contribution in [2.45, 2.75) is 71.5 Å². The summed E-state index contributed by atoms with van der Waals surface area (Å²) in [6.07, 6.45) is 18.0. The maximum Gasteiger partial charge on any atom is 0.100 e. The summed E-state index contributed by atoms with van der Waals surface area (Å²) >= 11 is 0. The second-order valence-corrected chi connectivity index (χ2v) is 12.1. The molecule has 4 aliphatic rings. The number of hydrogen-bond acceptors (Lipinski definition) is 3. The topological polar surface area (TPSA) is 39.9 Å². The van der Waals surface area contributed by atoms with Crippen molar-refractivity contribution in [3.63, 3.8) is 0 Å². The standard InChI is InChI=1S/C32H37N3O/c1-31-16-14-24(36-20-23-7-5-6-18-33-23)19-22(31)10-11-25-26-12-13-30(32(26,2)17-15-27(25)31)35-21-34-28-8-3-4-9-29(28)35/h3-10,13,18,21,24-27H,11-12,14-17,19-20H2,1-2H3/t24?,25-,26-,27-,31-,32-/m0/s1. The molecule has 3 aromatic rings. The van der Waals surface area contributed by atoms with Crippen LogP contribution in [0.5, 0.6) is 0 Å². The monoisotopic (exact) mass is 479 g/mol. The van der Waals surface area contributed by atoms with Gasteiger partial charge in [0.25, 0.3) is 0 Å². The van der Waals surface area contributed by atoms with Gasteiger partial charge in [0.1, 0.15) is 6.33 Å². The number of imidazole rings is 1. The lowest BCUT2D eigenvalue weighted by Crippen LogP contribution is -2.50. The van der Waals surface area contributed by atoms with Crippen molar-refractivity contribution in [2.75, 3.05) is 0 Å². The minimum absolute atomic E-state index is 0.231. The molecule has 4 heteroatoms. The molecule has 4 aliphatic carbocycles. The predicted octanol–water partition coefficient (Wildman–Crippen LogP) is 7.43. The first-order valence-electron chi connectivity index (χ1n) is 13.9. The Balaban J connectivity index is 1.11. The number of ether oxygens (including phenoxy) is 1. The number of fused-ring (bicyclic) bond motifs is 6. The molecule has 0 radical (unpaired) electrons. The summed E-state index contributed by atoms with van der Waals surface area (Å²) in [6.45, 7) is 5.75. The van der Waals surface area contributed by atoms with Crippen molar-refractivity contribution in [2.24, 2.45) is 28.6 Å². The molecule has 0 aliphatic heterocycles. The highest BCUT2D eigenvalue weighted by Gasteiger charge is 2.57. The number of hydrogen-bond donors (Lipinski definition) is 0. The minimum atomic E-state index is 0.231. The van der Waals surface area contributed by atoms with Gasteiger partial charge in [0, 0.05) is 17.3 Å². The molecule has 7 rings (SSSR count). The molecule has 186 valence electrons. The third-order valence-corrected chi connectivity index (χ3v) is 10.5. The molecule has 2 fully saturated rings. The van der Waals surface area contributed by atoms with Gasteiger partial charge >= 0.3 is 0 Å². The lowest BCUT2D eigenvalue weighted by Gasteiger charge is -2.57. The summed E-state index contributed by atoms with van der Waals surface area (Å²) in [7, 11) is 0. The molecular formula is C32H37N3O. The molecule has 36 heavy (non-hydrogen) atoms. The highest BCUT2D eigenvalue weighted by atomic mass is 16.5. The third-order valence-electron chi connectivity index (χ3n) is 10.5. The first-order valence-corrected chi connectivity index (χ1v) is 13.9. The van der Waals surface area contributed by atoms with Crippen molar-refractivity contribution in [1.29, 1.82) is 0 Å². The van der Waals surface area contributed by atoms with Crippen molar-refractivity contribution >= 4 is 16.7 Å². The highest BCUT2D eigenvalue weighted by Crippen LogP contribution is 2.65. The van der Waals surface area contributed by atoms with Crippen LogP contribution in [0.2, 0.25) is 0 Å². The summed E-state index contributed by atoms with van der Waals surface area (Å²) in [6, 6.07) is 14.6. The van der Waals surface area contributed by atoms with Crippen molar-refractivity contribution in [1.82, 2.24) is 14.5 Å². The van der Waals surface area contributed by atoms with Gasteiger partial charge in [-0.05, 0) is 92.4 Å². The number of nitrogens with zero attached hydrogens (tertiary/aromatic N) is 3. The van der Waals surface area contributed by atoms with Crippen LogP contribution in [0, 0.1) is 28.6 Å². The van der Waals surface area contributed by atoms with Gasteiger partial charge in [-0.3, -0.25) is 4.98 Å². The number of aromatic nitrogens is 3. The summed E-state index contributed by atoms with van der Waals surface area (Å²) in [5, 5.41) is 0. The van der Waals surface area contributed by atoms with Crippen LogP contribution in [0.15, 0.2) is 72.7 Å². The Kier molecular flexibility index (Phi) is 5.25. The predicted molar refractivity (Wildman–Crippen MR) is 144 cm³/mol. The van der Waals surface area contributed by atoms with E-state index in [0.29, 0.717) is 18.1 Å². The molecule has 2 heterocycles. The number of pyridine rings is 1. The second kappa shape index (κ2) is 8.41. The van der Waals surface area contributed by atoms with Crippen LogP contribution in [0.1, 0.15) is 64.5 Å². The van der Waals surface area contributed by atoms with E-state index in [0.717, 1.165) is 41.8 Å². The Morgan fingerprint density at radius 1 is 0.917 bits per heavy atom. The van der Waals surface area contributed by atoms with E-state index in [-0.39, 0.29) is 5.41 Å². The number of rotatable bonds is 4. The third kappa shape index (κ3) is 3.37. The largest absolute Gasteiger partial charge is 0.372 e. The highest BCUT2D eigenvalue weighted by molar-refractivity contribution is 5.80. The molecule has 0 spiro atoms. The van der Waals surface area contributed by atoms with Gasteiger partial charge in [0.15, 0.2) is 0 Å². The van der Waals surface area contributed by atoms with E-state index in [1.807, 2.05) is 18.3 Å². The maximum atomic E-state index is 6.35. The molecule has 0 N–H and O–H groups in total. The Labute approximate surface area is 214 Å². The molecule has 1 unspecified atom stereocenters. The lowest BCUT2D eigenvalue weighted by atomic mass is 9.47. The zero-order valence-corrected chi connectivity index (χ0v) is 21.6. The Hall–Kier alpha value is -2.72. The summed E-state index contributed by atoms with van der Waals surface area (Å²) in [5.41, 5.74) is 7.11. The minimum Gasteiger partial charge on any atom is -0.372 e. The maximum absolute atomic E-state index is 6.35. The molecule has 2 aromatic heterocycles. The van der Waals surface area contributed by atoms with Gasteiger partial charge in [-0.1, -0.05) is 49.8 Å². The molecule has 0 amide bonds. The fraction of sp³-hybridized carbons (Fsp3) is 0.500. The van der Waals surface area contributed by atoms with Crippen LogP contribution in [0.4, 0.5) is 0 Å². The lowest BCUT2D eigenvalue weighted by molar-refractivity contribution is -0.0432. The second-order valence-electron chi connectivity index (χ2n) is 12.1. The molecule has 2 saturated carbocycles. The average Bonchev–Trinajstić information content (AvgIpc) is 3.48. The summed E-state index contributed by atoms with van der Waals surface area (Å²) in [5.74, 6) is 2.28. The normalized spacial score (nSPS) is 35.5. The van der Waals surface area contributed by atoms with Gasteiger partial charge < -0.3 is 9.30 Å². The van der Waals surface area contributed by atoms with E-state index < -0.39 is 0 Å². The Bertz CT molecular complexity index is 1340. The van der Waals surface area contributed by atoms with Crippen molar-refractivity contribution in [3.05, 3.63) is 78.4 Å². The fourth-order valence-corrected chi connectivity index (χ4v) is 8.53. The molecular weight excluding hydrogens is 442 g/mol. The SMILES string of the molecule is C[C@]12CCC(OCc3ccccn3)CC1=CC[C@@H]1[C@@H]2CC[C@]2(C)C(n3cnc4ccccc43)=CC[C@@H]12. The molecule has 0 saturated heterocycles. The van der Waals surface area contributed by atoms with E-state index in [2.05, 4.69) is 72.2 Å². The van der Waals surface area contributed by atoms with E-state index in [1.54, 1.807) is 5.57 Å². The Morgan fingerprint density at radius 3 is 2.67 bits per heavy atom. The molecule has 0 bridgehead atoms. The van der Waals surface area contributed by atoms with Crippen LogP contribution in [-0.2, 0) is 11.3 Å². The zero-order chi connectivity index (χ0) is 24.3. The smallest absolute Gasteiger partial charge is 0.100 e. The van der Waals surface area contributed by atoms with Gasteiger partial charge in [0.05, 0.1) is 29.4 Å². The Morgan fingerprint density at radius 2 is 1.78 bits per heavy atom. The van der Waals surface area contributed by atoms with Crippen LogP contribution in [0.3, 0.4) is 0 Å². The quantitative estimate of drug-likeness (QED) is 0.365. The number of benzene rings is 1. The van der Waals surface area contributed by atoms with Crippen molar-refractivity contribution in [3.8, 4) is 0 Å². The van der Waals surface area contributed by atoms with E-state index in [4.69, 9.17) is 9.72 Å². The van der Waals surface area contributed by atoms with Crippen LogP contribution >= 0.6 is 0 Å². The van der Waals surface area contributed by atoms with Gasteiger partial charge in [0.2, 0.25) is 0 Å². The van der Waals surface area contributed by atoms with E-state index >= 15 is 0 Å². The van der Waals surface area contributed by atoms with Crippen LogP contribution in [0.25, 0.3) is 16.7 Å². The zero-order valence-electron chi connectivity index (χ0n) is 21.6. The summed E-state index contributed by atoms with van der Waals surface area (Å²) < 4.78 is 8.75. The number of para-hydroxylation sites is 2. The van der Waals surface area contributed by atoms with Gasteiger partial charge in [-0.25, -0.2) is 4.98 Å².